The molecule has 0 spiro atoms. The van der Waals surface area contributed by atoms with Crippen molar-refractivity contribution in [3.05, 3.63) is 0 Å². The minimum Gasteiger partial charge on any atom is -0.251 e. The van der Waals surface area contributed by atoms with Crippen molar-refractivity contribution in [1.82, 2.24) is 8.83 Å². The van der Waals surface area contributed by atoms with E-state index in [-0.39, 0.29) is 0 Å². The number of hydrazine groups is 1. The predicted octanol–water partition coefficient (Wildman–Crippen LogP) is 1.65. The third-order valence-corrected chi connectivity index (χ3v) is 2.48. The Hall–Kier alpha value is 0.820. The van der Waals surface area contributed by atoms with Crippen LogP contribution in [0.1, 0.15) is 0 Å². The maximum absolute atomic E-state index is 10.3. The lowest BCUT2D eigenvalue weighted by Crippen LogP contribution is -2.13. The van der Waals surface area contributed by atoms with Crippen LogP contribution < -0.4 is 0 Å². The summed E-state index contributed by atoms with van der Waals surface area (Å²) in [6.45, 7) is -1.87. The van der Waals surface area contributed by atoms with Gasteiger partial charge in [0.25, 0.3) is 6.73 Å². The summed E-state index contributed by atoms with van der Waals surface area (Å²) in [5, 5.41) is 0. The van der Waals surface area contributed by atoms with Gasteiger partial charge in [-0.2, -0.15) is 0 Å². The Morgan fingerprint density at radius 3 is 2.00 bits per heavy atom. The van der Waals surface area contributed by atoms with Gasteiger partial charge in [-0.25, -0.2) is 0 Å². The largest absolute Gasteiger partial charge is 0.260 e. The van der Waals surface area contributed by atoms with E-state index in [1.165, 1.54) is 7.05 Å². The standard InChI is InChI=1S/CH3Cl2N2OPS/c1-4(5(2)3)7(6)8/h1H3. The SMILES string of the molecule is CN(N(Cl)Cl)P(=O)=S. The van der Waals surface area contributed by atoms with E-state index < -0.39 is 6.73 Å². The molecule has 0 aliphatic carbocycles. The fourth-order valence-corrected chi connectivity index (χ4v) is 0.994. The molecule has 0 saturated carbocycles. The normalized spacial score (nSPS) is 12.9. The van der Waals surface area contributed by atoms with Crippen LogP contribution in [0.15, 0.2) is 0 Å². The van der Waals surface area contributed by atoms with E-state index in [1.807, 2.05) is 0 Å². The number of hydrogen-bond donors (Lipinski definition) is 0. The second-order valence-electron chi connectivity index (χ2n) is 0.942. The summed E-state index contributed by atoms with van der Waals surface area (Å²) in [4.78, 5) is 0. The highest BCUT2D eigenvalue weighted by atomic mass is 35.5. The number of hydrogen-bond acceptors (Lipinski definition) is 3. The molecule has 0 aromatic heterocycles. The van der Waals surface area contributed by atoms with Gasteiger partial charge in [0.2, 0.25) is 0 Å². The van der Waals surface area contributed by atoms with Crippen molar-refractivity contribution >= 4 is 42.1 Å². The predicted molar refractivity (Wildman–Crippen MR) is 36.3 cm³/mol. The Balaban J connectivity index is 3.83. The average Bonchev–Trinajstić information content (AvgIpc) is 1.64. The molecular weight excluding hydrogens is 190 g/mol. The Labute approximate surface area is 62.9 Å². The van der Waals surface area contributed by atoms with E-state index >= 15 is 0 Å². The summed E-state index contributed by atoms with van der Waals surface area (Å²) in [5.41, 5.74) is 0. The monoisotopic (exact) mass is 192 g/mol. The second kappa shape index (κ2) is 3.77. The molecule has 0 aliphatic rings. The topological polar surface area (TPSA) is 23.6 Å². The van der Waals surface area contributed by atoms with Gasteiger partial charge >= 0.3 is 0 Å². The van der Waals surface area contributed by atoms with Crippen molar-refractivity contribution in [1.29, 1.82) is 0 Å². The molecule has 1 unspecified atom stereocenters. The molecular formula is CH3Cl2N2OPS. The molecule has 48 valence electrons. The van der Waals surface area contributed by atoms with Crippen LogP contribution >= 0.6 is 30.3 Å². The van der Waals surface area contributed by atoms with Gasteiger partial charge in [-0.3, -0.25) is 4.57 Å². The lowest BCUT2D eigenvalue weighted by Gasteiger charge is -2.08. The molecule has 0 rings (SSSR count). The van der Waals surface area contributed by atoms with Crippen LogP contribution in [0.4, 0.5) is 0 Å². The highest BCUT2D eigenvalue weighted by Gasteiger charge is 2.04. The first-order chi connectivity index (χ1) is 3.55. The third kappa shape index (κ3) is 2.97. The maximum atomic E-state index is 10.3. The average molecular weight is 193 g/mol. The Morgan fingerprint density at radius 2 is 2.00 bits per heavy atom. The van der Waals surface area contributed by atoms with Gasteiger partial charge in [-0.1, -0.05) is 0 Å². The van der Waals surface area contributed by atoms with Crippen LogP contribution in [0.25, 0.3) is 0 Å². The van der Waals surface area contributed by atoms with E-state index in [0.717, 1.165) is 4.78 Å². The molecule has 0 fully saturated rings. The summed E-state index contributed by atoms with van der Waals surface area (Å²) in [5.74, 6) is 0. The van der Waals surface area contributed by atoms with Crippen molar-refractivity contribution < 1.29 is 4.57 Å². The molecule has 7 heteroatoms. The molecule has 0 aromatic carbocycles. The molecule has 0 aromatic rings. The van der Waals surface area contributed by atoms with Crippen LogP contribution in [0.2, 0.25) is 0 Å². The molecule has 3 nitrogen and oxygen atoms in total. The van der Waals surface area contributed by atoms with Crippen molar-refractivity contribution in [3.8, 4) is 0 Å². The molecule has 0 saturated heterocycles. The van der Waals surface area contributed by atoms with Gasteiger partial charge in [-0.05, 0) is 15.9 Å². The highest BCUT2D eigenvalue weighted by Crippen LogP contribution is 2.17. The van der Waals surface area contributed by atoms with E-state index in [0.29, 0.717) is 4.05 Å². The summed E-state index contributed by atoms with van der Waals surface area (Å²) in [7, 11) is 1.42. The second-order valence-corrected chi connectivity index (χ2v) is 3.75. The lowest BCUT2D eigenvalue weighted by atomic mass is 11.5. The van der Waals surface area contributed by atoms with E-state index in [4.69, 9.17) is 23.6 Å². The van der Waals surface area contributed by atoms with Gasteiger partial charge in [-0.15, -0.1) is 4.78 Å². The van der Waals surface area contributed by atoms with Crippen LogP contribution in [-0.4, -0.2) is 15.9 Å². The molecule has 0 radical (unpaired) electrons. The van der Waals surface area contributed by atoms with Crippen molar-refractivity contribution in [2.24, 2.45) is 0 Å². The van der Waals surface area contributed by atoms with Gasteiger partial charge in [0.15, 0.2) is 0 Å². The Morgan fingerprint density at radius 1 is 1.62 bits per heavy atom. The molecule has 8 heavy (non-hydrogen) atoms. The number of rotatable bonds is 2. The van der Waals surface area contributed by atoms with Crippen molar-refractivity contribution in [2.75, 3.05) is 7.05 Å². The number of nitrogens with zero attached hydrogens (tertiary/aromatic N) is 2. The summed E-state index contributed by atoms with van der Waals surface area (Å²) >= 11 is 14.5. The smallest absolute Gasteiger partial charge is 0.251 e. The fraction of sp³-hybridized carbons (Fsp3) is 1.00. The molecule has 0 heterocycles. The van der Waals surface area contributed by atoms with E-state index in [1.54, 1.807) is 0 Å². The van der Waals surface area contributed by atoms with Crippen molar-refractivity contribution in [2.45, 2.75) is 0 Å². The van der Waals surface area contributed by atoms with Gasteiger partial charge in [0, 0.05) is 30.6 Å². The van der Waals surface area contributed by atoms with Crippen molar-refractivity contribution in [3.63, 3.8) is 0 Å². The molecule has 0 bridgehead atoms. The first kappa shape index (κ1) is 8.82. The minimum absolute atomic E-state index is 0.631. The van der Waals surface area contributed by atoms with Crippen LogP contribution in [-0.2, 0) is 16.4 Å². The minimum atomic E-state index is -1.87. The zero-order valence-electron chi connectivity index (χ0n) is 3.91. The lowest BCUT2D eigenvalue weighted by molar-refractivity contribution is 0.344. The maximum Gasteiger partial charge on any atom is 0.260 e. The van der Waals surface area contributed by atoms with Gasteiger partial charge in [0.05, 0.1) is 0 Å². The van der Waals surface area contributed by atoms with Crippen LogP contribution in [0, 0.1) is 0 Å². The first-order valence-corrected chi connectivity index (χ1v) is 4.45. The highest BCUT2D eigenvalue weighted by molar-refractivity contribution is 7.98. The van der Waals surface area contributed by atoms with Gasteiger partial charge < -0.3 is 0 Å². The fourth-order valence-electron chi connectivity index (χ4n) is 0.0552. The van der Waals surface area contributed by atoms with E-state index in [2.05, 4.69) is 11.8 Å². The molecule has 1 atom stereocenters. The quantitative estimate of drug-likeness (QED) is 0.378. The van der Waals surface area contributed by atoms with Crippen LogP contribution in [0.5, 0.6) is 0 Å². The Kier molecular flexibility index (Phi) is 4.16. The summed E-state index contributed by atoms with van der Waals surface area (Å²) < 4.78 is 11.9. The molecule has 0 N–H and O–H groups in total. The zero-order valence-corrected chi connectivity index (χ0v) is 7.14. The third-order valence-electron chi connectivity index (χ3n) is 0.455. The Bertz CT molecular complexity index is 128. The zero-order chi connectivity index (χ0) is 6.73. The summed E-state index contributed by atoms with van der Waals surface area (Å²) in [6, 6.07) is 0. The summed E-state index contributed by atoms with van der Waals surface area (Å²) in [6.07, 6.45) is 0. The number of halogens is 2. The molecule has 0 aliphatic heterocycles. The van der Waals surface area contributed by atoms with Gasteiger partial charge in [0.1, 0.15) is 0 Å². The molecule has 0 amide bonds. The van der Waals surface area contributed by atoms with Crippen LogP contribution in [0.3, 0.4) is 0 Å². The van der Waals surface area contributed by atoms with E-state index in [9.17, 15) is 4.57 Å². The first-order valence-electron chi connectivity index (χ1n) is 1.55.